The van der Waals surface area contributed by atoms with Crippen LogP contribution in [-0.4, -0.2) is 16.9 Å². The SMILES string of the molecule is Cc1cc2oc(=O)cc(C)c2cc1NC(=O)[C@@H](N)Cc1ccncc1. The van der Waals surface area contributed by atoms with E-state index in [0.29, 0.717) is 17.7 Å². The molecule has 0 unspecified atom stereocenters. The molecule has 0 spiro atoms. The highest BCUT2D eigenvalue weighted by molar-refractivity contribution is 5.98. The molecule has 3 N–H and O–H groups in total. The first-order valence-electron chi connectivity index (χ1n) is 7.94. The summed E-state index contributed by atoms with van der Waals surface area (Å²) in [5.41, 5.74) is 9.32. The van der Waals surface area contributed by atoms with Crippen LogP contribution in [0.2, 0.25) is 0 Å². The fourth-order valence-electron chi connectivity index (χ4n) is 2.69. The Hall–Kier alpha value is -2.99. The van der Waals surface area contributed by atoms with Crippen molar-refractivity contribution in [2.24, 2.45) is 5.73 Å². The number of carbonyl (C=O) groups excluding carboxylic acids is 1. The number of carbonyl (C=O) groups is 1. The zero-order valence-corrected chi connectivity index (χ0v) is 14.1. The maximum absolute atomic E-state index is 12.4. The molecule has 1 amide bonds. The lowest BCUT2D eigenvalue weighted by Gasteiger charge is -2.15. The molecular weight excluding hydrogens is 318 g/mol. The summed E-state index contributed by atoms with van der Waals surface area (Å²) in [5.74, 6) is -0.269. The molecule has 1 aromatic carbocycles. The largest absolute Gasteiger partial charge is 0.423 e. The normalized spacial score (nSPS) is 12.1. The third-order valence-corrected chi connectivity index (χ3v) is 4.10. The number of nitrogens with zero attached hydrogens (tertiary/aromatic N) is 1. The second-order valence-corrected chi connectivity index (χ2v) is 6.07. The molecular formula is C19H19N3O3. The van der Waals surface area contributed by atoms with Gasteiger partial charge in [0.15, 0.2) is 0 Å². The van der Waals surface area contributed by atoms with Crippen LogP contribution in [0.3, 0.4) is 0 Å². The van der Waals surface area contributed by atoms with Crippen LogP contribution in [-0.2, 0) is 11.2 Å². The van der Waals surface area contributed by atoms with Crippen LogP contribution < -0.4 is 16.7 Å². The van der Waals surface area contributed by atoms with Gasteiger partial charge in [-0.2, -0.15) is 0 Å². The van der Waals surface area contributed by atoms with Crippen molar-refractivity contribution in [2.45, 2.75) is 26.3 Å². The third kappa shape index (κ3) is 3.75. The molecule has 25 heavy (non-hydrogen) atoms. The number of aryl methyl sites for hydroxylation is 2. The quantitative estimate of drug-likeness (QED) is 0.712. The Kier molecular flexibility index (Phi) is 4.63. The number of nitrogens with two attached hydrogens (primary N) is 1. The number of hydrogen-bond donors (Lipinski definition) is 2. The summed E-state index contributed by atoms with van der Waals surface area (Å²) in [6, 6.07) is 7.97. The summed E-state index contributed by atoms with van der Waals surface area (Å²) in [5, 5.41) is 3.65. The van der Waals surface area contributed by atoms with Gasteiger partial charge in [-0.1, -0.05) is 0 Å². The topological polar surface area (TPSA) is 98.2 Å². The Balaban J connectivity index is 1.83. The Morgan fingerprint density at radius 1 is 1.20 bits per heavy atom. The van der Waals surface area contributed by atoms with E-state index < -0.39 is 6.04 Å². The predicted molar refractivity (Wildman–Crippen MR) is 96.5 cm³/mol. The van der Waals surface area contributed by atoms with Crippen molar-refractivity contribution in [3.05, 3.63) is 69.8 Å². The number of anilines is 1. The molecule has 3 rings (SSSR count). The van der Waals surface area contributed by atoms with Crippen LogP contribution in [0.5, 0.6) is 0 Å². The minimum absolute atomic E-state index is 0.269. The lowest BCUT2D eigenvalue weighted by Crippen LogP contribution is -2.37. The fourth-order valence-corrected chi connectivity index (χ4v) is 2.69. The second kappa shape index (κ2) is 6.86. The van der Waals surface area contributed by atoms with Crippen LogP contribution in [0, 0.1) is 13.8 Å². The van der Waals surface area contributed by atoms with Crippen LogP contribution in [0.4, 0.5) is 5.69 Å². The van der Waals surface area contributed by atoms with Gasteiger partial charge in [-0.25, -0.2) is 4.79 Å². The van der Waals surface area contributed by atoms with Crippen LogP contribution in [0.1, 0.15) is 16.7 Å². The first kappa shape index (κ1) is 16.9. The Bertz CT molecular complexity index is 980. The summed E-state index contributed by atoms with van der Waals surface area (Å²) >= 11 is 0. The molecule has 1 atom stereocenters. The van der Waals surface area contributed by atoms with Gasteiger partial charge in [-0.3, -0.25) is 9.78 Å². The van der Waals surface area contributed by atoms with Gasteiger partial charge in [0, 0.05) is 29.5 Å². The van der Waals surface area contributed by atoms with E-state index in [2.05, 4.69) is 10.3 Å². The molecule has 0 bridgehead atoms. The molecule has 0 aliphatic rings. The maximum atomic E-state index is 12.4. The summed E-state index contributed by atoms with van der Waals surface area (Å²) in [4.78, 5) is 27.9. The van der Waals surface area contributed by atoms with E-state index in [1.165, 1.54) is 6.07 Å². The third-order valence-electron chi connectivity index (χ3n) is 4.10. The van der Waals surface area contributed by atoms with Gasteiger partial charge in [-0.05, 0) is 61.2 Å². The summed E-state index contributed by atoms with van der Waals surface area (Å²) < 4.78 is 5.21. The van der Waals surface area contributed by atoms with Crippen molar-refractivity contribution < 1.29 is 9.21 Å². The van der Waals surface area contributed by atoms with E-state index in [1.807, 2.05) is 26.0 Å². The van der Waals surface area contributed by atoms with E-state index in [4.69, 9.17) is 10.2 Å². The highest BCUT2D eigenvalue weighted by atomic mass is 16.4. The van der Waals surface area contributed by atoms with Gasteiger partial charge >= 0.3 is 5.63 Å². The van der Waals surface area contributed by atoms with Gasteiger partial charge in [-0.15, -0.1) is 0 Å². The first-order chi connectivity index (χ1) is 11.9. The zero-order valence-electron chi connectivity index (χ0n) is 14.1. The standard InChI is InChI=1S/C19H19N3O3/c1-11-8-18(23)25-17-7-12(2)16(10-14(11)17)22-19(24)15(20)9-13-3-5-21-6-4-13/h3-8,10,15H,9,20H2,1-2H3,(H,22,24)/t15-/m0/s1. The van der Waals surface area contributed by atoms with E-state index in [-0.39, 0.29) is 11.5 Å². The number of pyridine rings is 1. The predicted octanol–water partition coefficient (Wildman–Crippen LogP) is 2.31. The van der Waals surface area contributed by atoms with Gasteiger partial charge in [0.25, 0.3) is 0 Å². The molecule has 2 heterocycles. The van der Waals surface area contributed by atoms with Crippen LogP contribution in [0.15, 0.2) is 51.9 Å². The molecule has 0 aliphatic carbocycles. The van der Waals surface area contributed by atoms with Crippen molar-refractivity contribution in [3.8, 4) is 0 Å². The van der Waals surface area contributed by atoms with Crippen LogP contribution >= 0.6 is 0 Å². The average Bonchev–Trinajstić information content (AvgIpc) is 2.56. The maximum Gasteiger partial charge on any atom is 0.336 e. The fraction of sp³-hybridized carbons (Fsp3) is 0.211. The van der Waals surface area contributed by atoms with Crippen molar-refractivity contribution in [2.75, 3.05) is 5.32 Å². The first-order valence-corrected chi connectivity index (χ1v) is 7.94. The Labute approximate surface area is 144 Å². The molecule has 128 valence electrons. The van der Waals surface area contributed by atoms with Crippen molar-refractivity contribution in [1.82, 2.24) is 4.98 Å². The number of benzene rings is 1. The van der Waals surface area contributed by atoms with Gasteiger partial charge < -0.3 is 15.5 Å². The molecule has 6 heteroatoms. The molecule has 0 fully saturated rings. The van der Waals surface area contributed by atoms with Crippen molar-refractivity contribution in [1.29, 1.82) is 0 Å². The molecule has 0 saturated carbocycles. The summed E-state index contributed by atoms with van der Waals surface area (Å²) in [6.07, 6.45) is 3.77. The molecule has 0 aliphatic heterocycles. The summed E-state index contributed by atoms with van der Waals surface area (Å²) in [7, 11) is 0. The molecule has 3 aromatic rings. The molecule has 0 radical (unpaired) electrons. The molecule has 6 nitrogen and oxygen atoms in total. The number of fused-ring (bicyclic) bond motifs is 1. The number of rotatable bonds is 4. The minimum atomic E-state index is -0.674. The highest BCUT2D eigenvalue weighted by Gasteiger charge is 2.16. The van der Waals surface area contributed by atoms with Gasteiger partial charge in [0.1, 0.15) is 5.58 Å². The number of hydrogen-bond acceptors (Lipinski definition) is 5. The second-order valence-electron chi connectivity index (χ2n) is 6.07. The minimum Gasteiger partial charge on any atom is -0.423 e. The van der Waals surface area contributed by atoms with E-state index in [0.717, 1.165) is 22.1 Å². The molecule has 0 saturated heterocycles. The van der Waals surface area contributed by atoms with E-state index in [9.17, 15) is 9.59 Å². The lowest BCUT2D eigenvalue weighted by atomic mass is 10.1. The Morgan fingerprint density at radius 3 is 2.64 bits per heavy atom. The average molecular weight is 337 g/mol. The monoisotopic (exact) mass is 337 g/mol. The zero-order chi connectivity index (χ0) is 18.0. The van der Waals surface area contributed by atoms with Crippen LogP contribution in [0.25, 0.3) is 11.0 Å². The van der Waals surface area contributed by atoms with Gasteiger partial charge in [0.05, 0.1) is 6.04 Å². The number of aromatic nitrogens is 1. The highest BCUT2D eigenvalue weighted by Crippen LogP contribution is 2.25. The van der Waals surface area contributed by atoms with E-state index in [1.54, 1.807) is 24.5 Å². The Morgan fingerprint density at radius 2 is 1.92 bits per heavy atom. The van der Waals surface area contributed by atoms with Crippen molar-refractivity contribution >= 4 is 22.6 Å². The number of nitrogens with one attached hydrogen (secondary N) is 1. The van der Waals surface area contributed by atoms with Gasteiger partial charge in [0.2, 0.25) is 5.91 Å². The van der Waals surface area contributed by atoms with Crippen molar-refractivity contribution in [3.63, 3.8) is 0 Å². The molecule has 2 aromatic heterocycles. The number of amides is 1. The lowest BCUT2D eigenvalue weighted by molar-refractivity contribution is -0.117. The summed E-state index contributed by atoms with van der Waals surface area (Å²) in [6.45, 7) is 3.67. The van der Waals surface area contributed by atoms with E-state index >= 15 is 0 Å². The smallest absolute Gasteiger partial charge is 0.336 e.